The molecule has 6 nitrogen and oxygen atoms in total. The lowest BCUT2D eigenvalue weighted by molar-refractivity contribution is -0.148. The largest absolute Gasteiger partial charge is 0.454 e. The van der Waals surface area contributed by atoms with Gasteiger partial charge in [-0.1, -0.05) is 31.9 Å². The molecule has 26 heavy (non-hydrogen) atoms. The molecule has 1 heterocycles. The molecule has 1 fully saturated rings. The number of carbonyl (C=O) groups is 3. The Kier molecular flexibility index (Phi) is 6.19. The van der Waals surface area contributed by atoms with Crippen molar-refractivity contribution in [3.63, 3.8) is 0 Å². The number of carbonyl (C=O) groups excluding carboxylic acids is 3. The van der Waals surface area contributed by atoms with Gasteiger partial charge in [0.05, 0.1) is 11.4 Å². The van der Waals surface area contributed by atoms with Gasteiger partial charge in [0, 0.05) is 10.9 Å². The molecule has 1 aromatic rings. The summed E-state index contributed by atoms with van der Waals surface area (Å²) in [6.07, 6.45) is 4.40. The lowest BCUT2D eigenvalue weighted by Gasteiger charge is -2.29. The molecule has 0 aromatic heterocycles. The standard InChI is InChI=1S/C19H24N2O4S/c1-13-6-2-3-7-14(13)20-17(22)11-25-19(24)10-21-15-8-4-5-9-16(15)26-12-18(21)23/h4-5,8-9,13-14H,2-3,6-7,10-12H2,1H3,(H,20,22)/t13-,14-/m1/s1. The number of anilines is 1. The molecule has 0 unspecified atom stereocenters. The highest BCUT2D eigenvalue weighted by Gasteiger charge is 2.27. The molecule has 0 saturated heterocycles. The maximum atomic E-state index is 12.1. The molecule has 0 bridgehead atoms. The molecule has 2 amide bonds. The summed E-state index contributed by atoms with van der Waals surface area (Å²) >= 11 is 1.46. The van der Waals surface area contributed by atoms with Gasteiger partial charge in [-0.25, -0.2) is 0 Å². The third kappa shape index (κ3) is 4.58. The number of ether oxygens (including phenoxy) is 1. The molecule has 1 aliphatic carbocycles. The van der Waals surface area contributed by atoms with Crippen LogP contribution in [0.25, 0.3) is 0 Å². The van der Waals surface area contributed by atoms with E-state index in [0.717, 1.165) is 24.2 Å². The Morgan fingerprint density at radius 3 is 2.85 bits per heavy atom. The number of thioether (sulfide) groups is 1. The Morgan fingerprint density at radius 2 is 2.04 bits per heavy atom. The minimum absolute atomic E-state index is 0.133. The highest BCUT2D eigenvalue weighted by Crippen LogP contribution is 2.34. The summed E-state index contributed by atoms with van der Waals surface area (Å²) in [6.45, 7) is 1.65. The number of amides is 2. The summed E-state index contributed by atoms with van der Waals surface area (Å²) in [6, 6.07) is 7.61. The van der Waals surface area contributed by atoms with Crippen LogP contribution in [0, 0.1) is 5.92 Å². The molecule has 140 valence electrons. The predicted molar refractivity (Wildman–Crippen MR) is 100 cm³/mol. The summed E-state index contributed by atoms with van der Waals surface area (Å²) in [5.74, 6) is -0.246. The van der Waals surface area contributed by atoms with E-state index in [4.69, 9.17) is 4.74 Å². The van der Waals surface area contributed by atoms with E-state index in [-0.39, 0.29) is 31.0 Å². The van der Waals surface area contributed by atoms with E-state index in [9.17, 15) is 14.4 Å². The third-order valence-electron chi connectivity index (χ3n) is 4.92. The minimum Gasteiger partial charge on any atom is -0.454 e. The van der Waals surface area contributed by atoms with Gasteiger partial charge in [0.2, 0.25) is 5.91 Å². The van der Waals surface area contributed by atoms with Crippen molar-refractivity contribution in [2.24, 2.45) is 5.92 Å². The zero-order valence-electron chi connectivity index (χ0n) is 14.9. The minimum atomic E-state index is -0.577. The van der Waals surface area contributed by atoms with Gasteiger partial charge >= 0.3 is 5.97 Å². The van der Waals surface area contributed by atoms with Gasteiger partial charge in [0.1, 0.15) is 6.54 Å². The molecule has 2 atom stereocenters. The average molecular weight is 376 g/mol. The Hall–Kier alpha value is -2.02. The summed E-state index contributed by atoms with van der Waals surface area (Å²) < 4.78 is 5.10. The Morgan fingerprint density at radius 1 is 1.27 bits per heavy atom. The maximum Gasteiger partial charge on any atom is 0.326 e. The summed E-state index contributed by atoms with van der Waals surface area (Å²) in [5, 5.41) is 2.95. The van der Waals surface area contributed by atoms with Gasteiger partial charge in [-0.05, 0) is 30.9 Å². The molecule has 1 aromatic carbocycles. The van der Waals surface area contributed by atoms with Crippen LogP contribution in [-0.4, -0.2) is 42.7 Å². The normalized spacial score (nSPS) is 22.5. The maximum absolute atomic E-state index is 12.1. The first-order chi connectivity index (χ1) is 12.5. The molecule has 3 rings (SSSR count). The zero-order valence-corrected chi connectivity index (χ0v) is 15.7. The number of esters is 1. The monoisotopic (exact) mass is 376 g/mol. The number of benzene rings is 1. The zero-order chi connectivity index (χ0) is 18.5. The highest BCUT2D eigenvalue weighted by molar-refractivity contribution is 8.00. The van der Waals surface area contributed by atoms with Crippen LogP contribution in [-0.2, 0) is 19.1 Å². The lowest BCUT2D eigenvalue weighted by atomic mass is 9.86. The van der Waals surface area contributed by atoms with E-state index in [1.165, 1.54) is 23.1 Å². The van der Waals surface area contributed by atoms with Gasteiger partial charge in [0.25, 0.3) is 5.91 Å². The summed E-state index contributed by atoms with van der Waals surface area (Å²) in [5.41, 5.74) is 0.714. The first kappa shape index (κ1) is 18.8. The van der Waals surface area contributed by atoms with Crippen LogP contribution in [0.5, 0.6) is 0 Å². The van der Waals surface area contributed by atoms with Crippen molar-refractivity contribution in [1.29, 1.82) is 0 Å². The van der Waals surface area contributed by atoms with Crippen LogP contribution < -0.4 is 10.2 Å². The Balaban J connectivity index is 1.50. The quantitative estimate of drug-likeness (QED) is 0.799. The van der Waals surface area contributed by atoms with Crippen molar-refractivity contribution in [1.82, 2.24) is 5.32 Å². The second-order valence-corrected chi connectivity index (χ2v) is 7.85. The Bertz CT molecular complexity index is 694. The van der Waals surface area contributed by atoms with Crippen molar-refractivity contribution in [3.8, 4) is 0 Å². The fourth-order valence-corrected chi connectivity index (χ4v) is 4.36. The summed E-state index contributed by atoms with van der Waals surface area (Å²) in [7, 11) is 0. The topological polar surface area (TPSA) is 75.7 Å². The Labute approximate surface area is 157 Å². The molecule has 7 heteroatoms. The van der Waals surface area contributed by atoms with Crippen molar-refractivity contribution < 1.29 is 19.1 Å². The molecular formula is C19H24N2O4S. The molecule has 0 radical (unpaired) electrons. The first-order valence-corrected chi connectivity index (χ1v) is 10.0. The van der Waals surface area contributed by atoms with E-state index < -0.39 is 5.97 Å². The van der Waals surface area contributed by atoms with Crippen molar-refractivity contribution in [2.75, 3.05) is 23.8 Å². The number of nitrogens with zero attached hydrogens (tertiary/aromatic N) is 1. The summed E-state index contributed by atoms with van der Waals surface area (Å²) in [4.78, 5) is 38.7. The first-order valence-electron chi connectivity index (χ1n) is 9.02. The smallest absolute Gasteiger partial charge is 0.326 e. The predicted octanol–water partition coefficient (Wildman–Crippen LogP) is 2.36. The third-order valence-corrected chi connectivity index (χ3v) is 5.97. The van der Waals surface area contributed by atoms with Crippen LogP contribution >= 0.6 is 11.8 Å². The fraction of sp³-hybridized carbons (Fsp3) is 0.526. The number of nitrogens with one attached hydrogen (secondary N) is 1. The van der Waals surface area contributed by atoms with Crippen LogP contribution in [0.2, 0.25) is 0 Å². The van der Waals surface area contributed by atoms with E-state index in [0.29, 0.717) is 17.4 Å². The molecule has 1 aliphatic heterocycles. The second-order valence-electron chi connectivity index (χ2n) is 6.83. The SMILES string of the molecule is C[C@@H]1CCCC[C@H]1NC(=O)COC(=O)CN1C(=O)CSc2ccccc21. The van der Waals surface area contributed by atoms with Crippen LogP contribution in [0.1, 0.15) is 32.6 Å². The molecule has 1 N–H and O–H groups in total. The van der Waals surface area contributed by atoms with Crippen LogP contribution in [0.4, 0.5) is 5.69 Å². The average Bonchev–Trinajstić information content (AvgIpc) is 2.64. The fourth-order valence-electron chi connectivity index (χ4n) is 3.43. The number of hydrogen-bond acceptors (Lipinski definition) is 5. The van der Waals surface area contributed by atoms with Gasteiger partial charge in [-0.15, -0.1) is 11.8 Å². The van der Waals surface area contributed by atoms with E-state index in [2.05, 4.69) is 12.2 Å². The lowest BCUT2D eigenvalue weighted by Crippen LogP contribution is -2.44. The van der Waals surface area contributed by atoms with Crippen molar-refractivity contribution in [3.05, 3.63) is 24.3 Å². The van der Waals surface area contributed by atoms with Gasteiger partial charge in [-0.3, -0.25) is 19.3 Å². The van der Waals surface area contributed by atoms with E-state index in [1.807, 2.05) is 24.3 Å². The van der Waals surface area contributed by atoms with Gasteiger partial charge < -0.3 is 10.1 Å². The van der Waals surface area contributed by atoms with Crippen molar-refractivity contribution in [2.45, 2.75) is 43.5 Å². The van der Waals surface area contributed by atoms with Gasteiger partial charge in [0.15, 0.2) is 6.61 Å². The molecule has 1 saturated carbocycles. The second kappa shape index (κ2) is 8.58. The molecule has 0 spiro atoms. The molecule has 2 aliphatic rings. The number of para-hydroxylation sites is 1. The van der Waals surface area contributed by atoms with Gasteiger partial charge in [-0.2, -0.15) is 0 Å². The number of rotatable bonds is 5. The highest BCUT2D eigenvalue weighted by atomic mass is 32.2. The van der Waals surface area contributed by atoms with Crippen LogP contribution in [0.3, 0.4) is 0 Å². The molecular weight excluding hydrogens is 352 g/mol. The van der Waals surface area contributed by atoms with Crippen LogP contribution in [0.15, 0.2) is 29.2 Å². The number of hydrogen-bond donors (Lipinski definition) is 1. The van der Waals surface area contributed by atoms with E-state index >= 15 is 0 Å². The number of fused-ring (bicyclic) bond motifs is 1. The van der Waals surface area contributed by atoms with E-state index in [1.54, 1.807) is 0 Å². The van der Waals surface area contributed by atoms with Crippen molar-refractivity contribution >= 4 is 35.2 Å².